The van der Waals surface area contributed by atoms with Crippen LogP contribution in [0.15, 0.2) is 0 Å². The molecule has 0 amide bonds. The summed E-state index contributed by atoms with van der Waals surface area (Å²) in [6, 6.07) is 0. The number of unbranched alkanes of at least 4 members (excludes halogenated alkanes) is 8. The Morgan fingerprint density at radius 2 is 1.48 bits per heavy atom. The Balaban J connectivity index is 3.77. The molecule has 0 aliphatic heterocycles. The van der Waals surface area contributed by atoms with Gasteiger partial charge in [0.2, 0.25) is 0 Å². The van der Waals surface area contributed by atoms with Crippen molar-refractivity contribution in [1.29, 1.82) is 0 Å². The molecule has 5 heteroatoms. The Hall–Kier alpha value is -0.650. The van der Waals surface area contributed by atoms with E-state index in [9.17, 15) is 9.90 Å². The summed E-state index contributed by atoms with van der Waals surface area (Å²) in [5.41, 5.74) is 0. The van der Waals surface area contributed by atoms with Crippen LogP contribution in [0.2, 0.25) is 0 Å². The van der Waals surface area contributed by atoms with Gasteiger partial charge in [0.05, 0.1) is 19.3 Å². The molecule has 0 spiro atoms. The number of rotatable bonds is 22. The van der Waals surface area contributed by atoms with Gasteiger partial charge in [0, 0.05) is 13.0 Å². The lowest BCUT2D eigenvalue weighted by Crippen LogP contribution is -2.29. The van der Waals surface area contributed by atoms with Crippen molar-refractivity contribution in [2.24, 2.45) is 5.92 Å². The fraction of sp³-hybridized carbons (Fsp3) is 0.958. The molecule has 29 heavy (non-hydrogen) atoms. The highest BCUT2D eigenvalue weighted by molar-refractivity contribution is 5.69. The zero-order valence-electron chi connectivity index (χ0n) is 19.3. The minimum absolute atomic E-state index is 0.0654. The number of hydrogen-bond acceptors (Lipinski definition) is 5. The van der Waals surface area contributed by atoms with Gasteiger partial charge in [0.1, 0.15) is 0 Å². The van der Waals surface area contributed by atoms with Crippen LogP contribution in [0.5, 0.6) is 0 Å². The maximum Gasteiger partial charge on any atom is 0.305 e. The second kappa shape index (κ2) is 22.0. The summed E-state index contributed by atoms with van der Waals surface area (Å²) in [5, 5.41) is 21.0. The lowest BCUT2D eigenvalue weighted by atomic mass is 9.92. The zero-order valence-corrected chi connectivity index (χ0v) is 19.3. The van der Waals surface area contributed by atoms with Crippen molar-refractivity contribution in [2.75, 3.05) is 26.3 Å². The lowest BCUT2D eigenvalue weighted by Gasteiger charge is -2.17. The first-order chi connectivity index (χ1) is 14.1. The molecule has 3 N–H and O–H groups in total. The molecule has 0 radical (unpaired) electrons. The van der Waals surface area contributed by atoms with Crippen molar-refractivity contribution in [3.05, 3.63) is 0 Å². The quantitative estimate of drug-likeness (QED) is 0.172. The number of carbonyl (C=O) groups excluding carboxylic acids is 1. The van der Waals surface area contributed by atoms with Crippen LogP contribution in [-0.2, 0) is 9.53 Å². The van der Waals surface area contributed by atoms with Crippen LogP contribution in [0.4, 0.5) is 0 Å². The molecule has 0 aliphatic carbocycles. The van der Waals surface area contributed by atoms with Crippen LogP contribution in [0, 0.1) is 5.92 Å². The number of nitrogens with one attached hydrogen (secondary N) is 1. The smallest absolute Gasteiger partial charge is 0.305 e. The molecule has 0 saturated carbocycles. The Kier molecular flexibility index (Phi) is 21.6. The van der Waals surface area contributed by atoms with E-state index in [1.165, 1.54) is 64.2 Å². The Bertz CT molecular complexity index is 340. The monoisotopic (exact) mass is 415 g/mol. The summed E-state index contributed by atoms with van der Waals surface area (Å²) >= 11 is 0. The molecule has 0 bridgehead atoms. The van der Waals surface area contributed by atoms with Crippen molar-refractivity contribution in [3.8, 4) is 0 Å². The first kappa shape index (κ1) is 28.4. The van der Waals surface area contributed by atoms with E-state index in [2.05, 4.69) is 19.2 Å². The molecule has 5 nitrogen and oxygen atoms in total. The fourth-order valence-corrected chi connectivity index (χ4v) is 3.59. The summed E-state index contributed by atoms with van der Waals surface area (Å²) in [7, 11) is 0. The van der Waals surface area contributed by atoms with E-state index in [-0.39, 0.29) is 12.6 Å². The van der Waals surface area contributed by atoms with Gasteiger partial charge in [0.15, 0.2) is 0 Å². The van der Waals surface area contributed by atoms with Crippen molar-refractivity contribution < 1.29 is 19.7 Å². The maximum atomic E-state index is 11.9. The van der Waals surface area contributed by atoms with Gasteiger partial charge in [-0.3, -0.25) is 4.79 Å². The fourth-order valence-electron chi connectivity index (χ4n) is 3.59. The molecule has 0 aromatic carbocycles. The summed E-state index contributed by atoms with van der Waals surface area (Å²) in [4.78, 5) is 11.9. The molecule has 0 rings (SSSR count). The van der Waals surface area contributed by atoms with E-state index < -0.39 is 6.10 Å². The van der Waals surface area contributed by atoms with Crippen molar-refractivity contribution >= 4 is 5.97 Å². The second-order valence-corrected chi connectivity index (χ2v) is 8.43. The SMILES string of the molecule is CCCCCCC(CCCCCC)CCOC(=O)CCCCCNC[C@H](O)CO. The van der Waals surface area contributed by atoms with E-state index in [0.29, 0.717) is 25.5 Å². The molecular formula is C24H49NO4. The highest BCUT2D eigenvalue weighted by Gasteiger charge is 2.10. The summed E-state index contributed by atoms with van der Waals surface area (Å²) < 4.78 is 5.49. The minimum atomic E-state index is -0.688. The third-order valence-corrected chi connectivity index (χ3v) is 5.55. The van der Waals surface area contributed by atoms with Gasteiger partial charge < -0.3 is 20.3 Å². The Labute approximate surface area is 180 Å². The third-order valence-electron chi connectivity index (χ3n) is 5.55. The van der Waals surface area contributed by atoms with Crippen LogP contribution in [0.3, 0.4) is 0 Å². The predicted molar refractivity (Wildman–Crippen MR) is 121 cm³/mol. The minimum Gasteiger partial charge on any atom is -0.466 e. The normalized spacial score (nSPS) is 12.4. The zero-order chi connectivity index (χ0) is 21.6. The largest absolute Gasteiger partial charge is 0.466 e. The molecule has 0 heterocycles. The van der Waals surface area contributed by atoms with E-state index in [0.717, 1.165) is 32.2 Å². The number of carbonyl (C=O) groups is 1. The number of ether oxygens (including phenoxy) is 1. The Morgan fingerprint density at radius 3 is 2.07 bits per heavy atom. The molecular weight excluding hydrogens is 366 g/mol. The molecule has 0 unspecified atom stereocenters. The van der Waals surface area contributed by atoms with Crippen LogP contribution in [0.1, 0.15) is 110 Å². The standard InChI is InChI=1S/C24H49NO4/c1-3-5-7-10-14-22(15-11-8-6-4-2)17-19-29-24(28)16-12-9-13-18-25-20-23(27)21-26/h22-23,25-27H,3-21H2,1-2H3/t23-/m0/s1. The molecule has 174 valence electrons. The number of hydrogen-bond donors (Lipinski definition) is 3. The first-order valence-electron chi connectivity index (χ1n) is 12.3. The van der Waals surface area contributed by atoms with E-state index in [1.54, 1.807) is 0 Å². The van der Waals surface area contributed by atoms with Gasteiger partial charge >= 0.3 is 5.97 Å². The third kappa shape index (κ3) is 20.4. The highest BCUT2D eigenvalue weighted by Crippen LogP contribution is 2.21. The number of aliphatic hydroxyl groups excluding tert-OH is 2. The van der Waals surface area contributed by atoms with Gasteiger partial charge in [0.25, 0.3) is 0 Å². The predicted octanol–water partition coefficient (Wildman–Crippen LogP) is 4.98. The van der Waals surface area contributed by atoms with Gasteiger partial charge in [-0.05, 0) is 31.7 Å². The van der Waals surface area contributed by atoms with E-state index >= 15 is 0 Å². The van der Waals surface area contributed by atoms with Crippen LogP contribution < -0.4 is 5.32 Å². The van der Waals surface area contributed by atoms with Gasteiger partial charge in [-0.1, -0.05) is 84.5 Å². The van der Waals surface area contributed by atoms with Crippen molar-refractivity contribution in [2.45, 2.75) is 116 Å². The van der Waals surface area contributed by atoms with Crippen LogP contribution in [0.25, 0.3) is 0 Å². The first-order valence-corrected chi connectivity index (χ1v) is 12.3. The van der Waals surface area contributed by atoms with Gasteiger partial charge in [-0.25, -0.2) is 0 Å². The van der Waals surface area contributed by atoms with Gasteiger partial charge in [-0.2, -0.15) is 0 Å². The molecule has 0 aromatic rings. The van der Waals surface area contributed by atoms with Gasteiger partial charge in [-0.15, -0.1) is 0 Å². The van der Waals surface area contributed by atoms with Crippen LogP contribution >= 0.6 is 0 Å². The number of esters is 1. The average molecular weight is 416 g/mol. The Morgan fingerprint density at radius 1 is 0.862 bits per heavy atom. The molecule has 0 fully saturated rings. The summed E-state index contributed by atoms with van der Waals surface area (Å²) in [5.74, 6) is 0.640. The van der Waals surface area contributed by atoms with E-state index in [4.69, 9.17) is 9.84 Å². The van der Waals surface area contributed by atoms with Crippen molar-refractivity contribution in [3.63, 3.8) is 0 Å². The highest BCUT2D eigenvalue weighted by atomic mass is 16.5. The summed E-state index contributed by atoms with van der Waals surface area (Å²) in [6.45, 7) is 6.07. The average Bonchev–Trinajstić information content (AvgIpc) is 2.72. The summed E-state index contributed by atoms with van der Waals surface area (Å²) in [6.07, 6.45) is 16.6. The molecule has 0 aromatic heterocycles. The molecule has 0 aliphatic rings. The maximum absolute atomic E-state index is 11.9. The number of aliphatic hydroxyl groups is 2. The topological polar surface area (TPSA) is 78.8 Å². The van der Waals surface area contributed by atoms with E-state index in [1.807, 2.05) is 0 Å². The van der Waals surface area contributed by atoms with Crippen molar-refractivity contribution in [1.82, 2.24) is 5.32 Å². The molecule has 1 atom stereocenters. The lowest BCUT2D eigenvalue weighted by molar-refractivity contribution is -0.144. The second-order valence-electron chi connectivity index (χ2n) is 8.43. The molecule has 0 saturated heterocycles. The van der Waals surface area contributed by atoms with Crippen LogP contribution in [-0.4, -0.2) is 48.6 Å².